The summed E-state index contributed by atoms with van der Waals surface area (Å²) in [5, 5.41) is 7.64. The zero-order chi connectivity index (χ0) is 15.3. The standard InChI is InChI=1S/C13H17ClFN3O2/c1-13(2,3)18-12(20)17-11(19)7-16-10-5-4-8(15)6-9(10)14/h4-6,16H,7H2,1-3H3,(H2,17,18,19,20). The van der Waals surface area contributed by atoms with Gasteiger partial charge in [0.1, 0.15) is 5.82 Å². The van der Waals surface area contributed by atoms with Crippen LogP contribution in [-0.2, 0) is 4.79 Å². The molecule has 3 N–H and O–H groups in total. The molecule has 0 aliphatic carbocycles. The van der Waals surface area contributed by atoms with Crippen molar-refractivity contribution in [2.45, 2.75) is 26.3 Å². The van der Waals surface area contributed by atoms with Gasteiger partial charge >= 0.3 is 6.03 Å². The van der Waals surface area contributed by atoms with Gasteiger partial charge in [-0.3, -0.25) is 10.1 Å². The first-order chi connectivity index (χ1) is 9.17. The molecule has 0 unspecified atom stereocenters. The Morgan fingerprint density at radius 3 is 2.50 bits per heavy atom. The molecule has 7 heteroatoms. The lowest BCUT2D eigenvalue weighted by atomic mass is 10.1. The van der Waals surface area contributed by atoms with Crippen molar-refractivity contribution in [3.05, 3.63) is 29.0 Å². The summed E-state index contributed by atoms with van der Waals surface area (Å²) in [4.78, 5) is 23.0. The molecule has 0 saturated carbocycles. The van der Waals surface area contributed by atoms with E-state index in [1.165, 1.54) is 12.1 Å². The lowest BCUT2D eigenvalue weighted by molar-refractivity contribution is -0.118. The SMILES string of the molecule is CC(C)(C)NC(=O)NC(=O)CNc1ccc(F)cc1Cl. The number of nitrogens with one attached hydrogen (secondary N) is 3. The molecule has 0 aromatic heterocycles. The van der Waals surface area contributed by atoms with E-state index in [0.29, 0.717) is 5.69 Å². The van der Waals surface area contributed by atoms with Crippen molar-refractivity contribution >= 4 is 29.2 Å². The van der Waals surface area contributed by atoms with E-state index in [-0.39, 0.29) is 11.6 Å². The summed E-state index contributed by atoms with van der Waals surface area (Å²) >= 11 is 5.79. The Balaban J connectivity index is 2.46. The van der Waals surface area contributed by atoms with Crippen LogP contribution in [-0.4, -0.2) is 24.0 Å². The van der Waals surface area contributed by atoms with E-state index in [0.717, 1.165) is 6.07 Å². The minimum absolute atomic E-state index is 0.150. The summed E-state index contributed by atoms with van der Waals surface area (Å²) in [6, 6.07) is 3.20. The summed E-state index contributed by atoms with van der Waals surface area (Å²) < 4.78 is 12.8. The molecule has 110 valence electrons. The van der Waals surface area contributed by atoms with E-state index < -0.39 is 23.3 Å². The summed E-state index contributed by atoms with van der Waals surface area (Å²) in [5.41, 5.74) is -0.0163. The molecule has 0 spiro atoms. The topological polar surface area (TPSA) is 70.2 Å². The molecule has 1 rings (SSSR count). The maximum Gasteiger partial charge on any atom is 0.321 e. The van der Waals surface area contributed by atoms with E-state index >= 15 is 0 Å². The molecule has 0 saturated heterocycles. The van der Waals surface area contributed by atoms with E-state index in [4.69, 9.17) is 11.6 Å². The van der Waals surface area contributed by atoms with Gasteiger partial charge in [0.25, 0.3) is 0 Å². The predicted molar refractivity (Wildman–Crippen MR) is 76.3 cm³/mol. The van der Waals surface area contributed by atoms with Crippen molar-refractivity contribution < 1.29 is 14.0 Å². The highest BCUT2D eigenvalue weighted by molar-refractivity contribution is 6.33. The summed E-state index contributed by atoms with van der Waals surface area (Å²) in [6.45, 7) is 5.25. The summed E-state index contributed by atoms with van der Waals surface area (Å²) in [6.07, 6.45) is 0. The third kappa shape index (κ3) is 5.88. The molecular formula is C13H17ClFN3O2. The van der Waals surface area contributed by atoms with Crippen molar-refractivity contribution in [1.82, 2.24) is 10.6 Å². The molecule has 0 aliphatic rings. The second kappa shape index (κ2) is 6.56. The first-order valence-corrected chi connectivity index (χ1v) is 6.36. The Bertz CT molecular complexity index is 515. The van der Waals surface area contributed by atoms with Gasteiger partial charge in [0.05, 0.1) is 17.3 Å². The Kier molecular flexibility index (Phi) is 5.33. The highest BCUT2D eigenvalue weighted by Gasteiger charge is 2.15. The first kappa shape index (κ1) is 16.2. The van der Waals surface area contributed by atoms with Crippen LogP contribution in [0.3, 0.4) is 0 Å². The molecule has 0 heterocycles. The average molecular weight is 302 g/mol. The number of benzene rings is 1. The number of imide groups is 1. The highest BCUT2D eigenvalue weighted by Crippen LogP contribution is 2.21. The molecular weight excluding hydrogens is 285 g/mol. The fraction of sp³-hybridized carbons (Fsp3) is 0.385. The van der Waals surface area contributed by atoms with Crippen LogP contribution in [0.5, 0.6) is 0 Å². The largest absolute Gasteiger partial charge is 0.375 e. The monoisotopic (exact) mass is 301 g/mol. The number of urea groups is 1. The number of rotatable bonds is 3. The maximum atomic E-state index is 12.8. The molecule has 0 atom stereocenters. The molecule has 20 heavy (non-hydrogen) atoms. The van der Waals surface area contributed by atoms with E-state index in [2.05, 4.69) is 16.0 Å². The van der Waals surface area contributed by atoms with Crippen LogP contribution in [0.4, 0.5) is 14.9 Å². The normalized spacial score (nSPS) is 10.8. The van der Waals surface area contributed by atoms with Crippen LogP contribution in [0.15, 0.2) is 18.2 Å². The van der Waals surface area contributed by atoms with Gasteiger partial charge in [-0.2, -0.15) is 0 Å². The molecule has 0 bridgehead atoms. The van der Waals surface area contributed by atoms with E-state index in [1.807, 2.05) is 0 Å². The van der Waals surface area contributed by atoms with Crippen molar-refractivity contribution in [2.24, 2.45) is 0 Å². The number of carbonyl (C=O) groups excluding carboxylic acids is 2. The van der Waals surface area contributed by atoms with Gasteiger partial charge in [-0.15, -0.1) is 0 Å². The Labute approximate surface area is 121 Å². The van der Waals surface area contributed by atoms with E-state index in [1.54, 1.807) is 20.8 Å². The summed E-state index contributed by atoms with van der Waals surface area (Å²) in [5.74, 6) is -0.985. The number of amides is 3. The first-order valence-electron chi connectivity index (χ1n) is 5.98. The van der Waals surface area contributed by atoms with Crippen molar-refractivity contribution in [3.63, 3.8) is 0 Å². The molecule has 0 aliphatic heterocycles. The molecule has 1 aromatic rings. The van der Waals surface area contributed by atoms with Gasteiger partial charge in [0.2, 0.25) is 5.91 Å². The van der Waals surface area contributed by atoms with Crippen LogP contribution < -0.4 is 16.0 Å². The second-order valence-electron chi connectivity index (χ2n) is 5.23. The fourth-order valence-electron chi connectivity index (χ4n) is 1.35. The van der Waals surface area contributed by atoms with Crippen molar-refractivity contribution in [2.75, 3.05) is 11.9 Å². The molecule has 0 fully saturated rings. The van der Waals surface area contributed by atoms with Gasteiger partial charge in [-0.25, -0.2) is 9.18 Å². The number of carbonyl (C=O) groups is 2. The minimum Gasteiger partial charge on any atom is -0.375 e. The fourth-order valence-corrected chi connectivity index (χ4v) is 1.59. The lowest BCUT2D eigenvalue weighted by Crippen LogP contribution is -2.49. The predicted octanol–water partition coefficient (Wildman–Crippen LogP) is 2.52. The van der Waals surface area contributed by atoms with Gasteiger partial charge < -0.3 is 10.6 Å². The van der Waals surface area contributed by atoms with Gasteiger partial charge in [-0.05, 0) is 39.0 Å². The minimum atomic E-state index is -0.575. The van der Waals surface area contributed by atoms with Crippen molar-refractivity contribution in [1.29, 1.82) is 0 Å². The molecule has 5 nitrogen and oxygen atoms in total. The molecule has 3 amide bonds. The van der Waals surface area contributed by atoms with Crippen LogP contribution in [0.25, 0.3) is 0 Å². The second-order valence-corrected chi connectivity index (χ2v) is 5.64. The van der Waals surface area contributed by atoms with Crippen LogP contribution >= 0.6 is 11.6 Å². The number of halogens is 2. The third-order valence-corrected chi connectivity index (χ3v) is 2.42. The maximum absolute atomic E-state index is 12.8. The molecule has 0 radical (unpaired) electrons. The van der Waals surface area contributed by atoms with Crippen molar-refractivity contribution in [3.8, 4) is 0 Å². The smallest absolute Gasteiger partial charge is 0.321 e. The van der Waals surface area contributed by atoms with Crippen LogP contribution in [0.2, 0.25) is 5.02 Å². The van der Waals surface area contributed by atoms with Gasteiger partial charge in [0, 0.05) is 5.54 Å². The Morgan fingerprint density at radius 1 is 1.30 bits per heavy atom. The highest BCUT2D eigenvalue weighted by atomic mass is 35.5. The quantitative estimate of drug-likeness (QED) is 0.803. The number of hydrogen-bond acceptors (Lipinski definition) is 3. The van der Waals surface area contributed by atoms with E-state index in [9.17, 15) is 14.0 Å². The van der Waals surface area contributed by atoms with Gasteiger partial charge in [-0.1, -0.05) is 11.6 Å². The lowest BCUT2D eigenvalue weighted by Gasteiger charge is -2.20. The zero-order valence-corrected chi connectivity index (χ0v) is 12.3. The molecule has 1 aromatic carbocycles. The average Bonchev–Trinajstić information content (AvgIpc) is 2.24. The van der Waals surface area contributed by atoms with Gasteiger partial charge in [0.15, 0.2) is 0 Å². The van der Waals surface area contributed by atoms with Crippen LogP contribution in [0, 0.1) is 5.82 Å². The number of anilines is 1. The van der Waals surface area contributed by atoms with Crippen LogP contribution in [0.1, 0.15) is 20.8 Å². The Morgan fingerprint density at radius 2 is 1.95 bits per heavy atom. The summed E-state index contributed by atoms with van der Waals surface area (Å²) in [7, 11) is 0. The Hall–Kier alpha value is -1.82. The number of hydrogen-bond donors (Lipinski definition) is 3. The zero-order valence-electron chi connectivity index (χ0n) is 11.5. The third-order valence-electron chi connectivity index (χ3n) is 2.11.